The summed E-state index contributed by atoms with van der Waals surface area (Å²) in [6.07, 6.45) is 4.38. The molecule has 6 atom stereocenters. The van der Waals surface area contributed by atoms with Crippen LogP contribution in [-0.2, 0) is 19.1 Å². The van der Waals surface area contributed by atoms with Crippen LogP contribution in [0.3, 0.4) is 0 Å². The van der Waals surface area contributed by atoms with Gasteiger partial charge in [0.15, 0.2) is 0 Å². The molecule has 3 unspecified atom stereocenters. The summed E-state index contributed by atoms with van der Waals surface area (Å²) in [6.45, 7) is 7.62. The van der Waals surface area contributed by atoms with Crippen molar-refractivity contribution in [2.24, 2.45) is 11.8 Å². The molecule has 0 saturated carbocycles. The number of hydrogen-bond donors (Lipinski definition) is 1. The quantitative estimate of drug-likeness (QED) is 0.187. The van der Waals surface area contributed by atoms with Gasteiger partial charge in [-0.2, -0.15) is 0 Å². The molecule has 8 nitrogen and oxygen atoms in total. The molecule has 194 valence electrons. The molecular weight excluding hydrogens is 548 g/mol. The number of rotatable bonds is 11. The summed E-state index contributed by atoms with van der Waals surface area (Å²) < 4.78 is 9.94. The van der Waals surface area contributed by atoms with E-state index >= 15 is 0 Å². The molecule has 1 spiro atoms. The van der Waals surface area contributed by atoms with E-state index in [4.69, 9.17) is 9.47 Å². The second-order valence-electron chi connectivity index (χ2n) is 9.10. The van der Waals surface area contributed by atoms with E-state index < -0.39 is 28.6 Å². The van der Waals surface area contributed by atoms with E-state index in [0.717, 1.165) is 0 Å². The number of carbonyl (C=O) groups is 3. The Labute approximate surface area is 223 Å². The summed E-state index contributed by atoms with van der Waals surface area (Å²) in [4.78, 5) is 44.2. The Hall–Kier alpha value is -2.30. The van der Waals surface area contributed by atoms with Gasteiger partial charge in [0.2, 0.25) is 5.91 Å². The number of β-amino-alcohol motifs (C(OH)–C–C–N with tert-alkyl or cyclic N) is 1. The highest BCUT2D eigenvalue weighted by atomic mass is 79.9. The number of halogens is 1. The molecule has 3 saturated heterocycles. The lowest BCUT2D eigenvalue weighted by Crippen LogP contribution is -2.56. The van der Waals surface area contributed by atoms with E-state index in [1.165, 1.54) is 16.7 Å². The van der Waals surface area contributed by atoms with Crippen LogP contribution in [0.5, 0.6) is 5.75 Å². The molecule has 36 heavy (non-hydrogen) atoms. The van der Waals surface area contributed by atoms with Crippen LogP contribution in [0.2, 0.25) is 0 Å². The maximum absolute atomic E-state index is 14.3. The van der Waals surface area contributed by atoms with E-state index in [2.05, 4.69) is 29.1 Å². The van der Waals surface area contributed by atoms with Gasteiger partial charge in [0.05, 0.1) is 36.9 Å². The highest BCUT2D eigenvalue weighted by molar-refractivity contribution is 9.09. The third-order valence-corrected chi connectivity index (χ3v) is 10.4. The third kappa shape index (κ3) is 4.37. The number of nitrogens with zero attached hydrogens (tertiary/aromatic N) is 2. The van der Waals surface area contributed by atoms with Gasteiger partial charge in [-0.05, 0) is 37.1 Å². The van der Waals surface area contributed by atoms with Gasteiger partial charge in [0, 0.05) is 28.9 Å². The molecule has 0 radical (unpaired) electrons. The topological polar surface area (TPSA) is 96.4 Å². The maximum Gasteiger partial charge on any atom is 0.310 e. The molecule has 10 heteroatoms. The molecule has 3 aliphatic rings. The van der Waals surface area contributed by atoms with E-state index in [0.29, 0.717) is 24.3 Å². The molecule has 0 aromatic heterocycles. The number of ether oxygens (including phenoxy) is 2. The zero-order valence-electron chi connectivity index (χ0n) is 20.2. The first-order valence-corrected chi connectivity index (χ1v) is 13.7. The number of benzene rings is 1. The Morgan fingerprint density at radius 3 is 2.64 bits per heavy atom. The number of anilines is 1. The van der Waals surface area contributed by atoms with Crippen LogP contribution in [0.1, 0.15) is 12.8 Å². The minimum absolute atomic E-state index is 0.00838. The van der Waals surface area contributed by atoms with Crippen molar-refractivity contribution in [1.82, 2.24) is 4.90 Å². The number of carbonyl (C=O) groups excluding carboxylic acids is 3. The summed E-state index contributed by atoms with van der Waals surface area (Å²) >= 11 is 5.26. The van der Waals surface area contributed by atoms with Gasteiger partial charge in [-0.3, -0.25) is 14.4 Å². The Kier molecular flexibility index (Phi) is 8.16. The fraction of sp³-hybridized carbons (Fsp3) is 0.500. The molecule has 2 amide bonds. The molecular formula is C26H31BrN2O6S. The average molecular weight is 580 g/mol. The smallest absolute Gasteiger partial charge is 0.310 e. The van der Waals surface area contributed by atoms with Crippen LogP contribution in [0.4, 0.5) is 5.69 Å². The van der Waals surface area contributed by atoms with Gasteiger partial charge in [-0.25, -0.2) is 0 Å². The van der Waals surface area contributed by atoms with Crippen molar-refractivity contribution in [3.8, 4) is 5.75 Å². The van der Waals surface area contributed by atoms with Gasteiger partial charge >= 0.3 is 5.97 Å². The Bertz CT molecular complexity index is 1040. The Morgan fingerprint density at radius 2 is 2.03 bits per heavy atom. The number of aliphatic hydroxyl groups is 1. The fourth-order valence-electron chi connectivity index (χ4n) is 5.73. The van der Waals surface area contributed by atoms with Gasteiger partial charge < -0.3 is 24.4 Å². The van der Waals surface area contributed by atoms with Crippen molar-refractivity contribution in [2.75, 3.05) is 38.3 Å². The molecule has 1 N–H and O–H groups in total. The van der Waals surface area contributed by atoms with E-state index in [9.17, 15) is 19.5 Å². The first-order chi connectivity index (χ1) is 17.3. The summed E-state index contributed by atoms with van der Waals surface area (Å²) in [5.41, 5.74) is 0.644. The van der Waals surface area contributed by atoms with Crippen LogP contribution in [0.15, 0.2) is 49.6 Å². The number of aliphatic hydroxyl groups excluding tert-OH is 1. The van der Waals surface area contributed by atoms with Crippen LogP contribution < -0.4 is 9.64 Å². The number of likely N-dealkylation sites (tertiary alicyclic amines) is 1. The monoisotopic (exact) mass is 578 g/mol. The highest BCUT2D eigenvalue weighted by Crippen LogP contribution is 2.68. The summed E-state index contributed by atoms with van der Waals surface area (Å²) in [5, 5.41) is 9.61. The van der Waals surface area contributed by atoms with Gasteiger partial charge in [-0.15, -0.1) is 24.9 Å². The summed E-state index contributed by atoms with van der Waals surface area (Å²) in [6, 6.07) is 6.27. The van der Waals surface area contributed by atoms with Crippen LogP contribution in [0, 0.1) is 11.8 Å². The predicted octanol–water partition coefficient (Wildman–Crippen LogP) is 2.79. The Balaban J connectivity index is 1.72. The molecule has 3 fully saturated rings. The molecule has 4 rings (SSSR count). The zero-order valence-corrected chi connectivity index (χ0v) is 22.6. The second-order valence-corrected chi connectivity index (χ2v) is 11.8. The number of esters is 1. The van der Waals surface area contributed by atoms with Crippen molar-refractivity contribution >= 4 is 51.2 Å². The first kappa shape index (κ1) is 26.8. The van der Waals surface area contributed by atoms with E-state index in [1.54, 1.807) is 48.4 Å². The molecule has 3 heterocycles. The lowest BCUT2D eigenvalue weighted by atomic mass is 9.71. The lowest BCUT2D eigenvalue weighted by Gasteiger charge is -2.37. The highest BCUT2D eigenvalue weighted by Gasteiger charge is 2.76. The van der Waals surface area contributed by atoms with Crippen LogP contribution in [0.25, 0.3) is 0 Å². The number of methoxy groups -OCH3 is 1. The number of thioether (sulfide) groups is 1. The van der Waals surface area contributed by atoms with Crippen molar-refractivity contribution < 1.29 is 29.0 Å². The van der Waals surface area contributed by atoms with Gasteiger partial charge in [-0.1, -0.05) is 28.1 Å². The molecule has 3 aliphatic heterocycles. The number of alkyl halides is 1. The van der Waals surface area contributed by atoms with Crippen LogP contribution in [-0.4, -0.2) is 82.1 Å². The average Bonchev–Trinajstić information content (AvgIpc) is 3.46. The van der Waals surface area contributed by atoms with Crippen molar-refractivity contribution in [3.05, 3.63) is 49.6 Å². The normalized spacial score (nSPS) is 30.1. The standard InChI is InChI=1S/C26H31BrN2O6S/c1-4-6-14-35-25(33)19-20-23(31)29(12-13-30)22(26(20)15-18(27)21(19)36-26)24(32)28(11-5-2)16-7-9-17(34-3)10-8-16/h4-5,7-10,18-22,30H,1-2,6,11-15H2,3H3/t18?,19-,20-,21-,22?,26?/m0/s1. The lowest BCUT2D eigenvalue weighted by molar-refractivity contribution is -0.154. The van der Waals surface area contributed by atoms with Crippen molar-refractivity contribution in [3.63, 3.8) is 0 Å². The number of hydrogen-bond acceptors (Lipinski definition) is 7. The largest absolute Gasteiger partial charge is 0.497 e. The molecule has 0 aliphatic carbocycles. The van der Waals surface area contributed by atoms with Gasteiger partial charge in [0.1, 0.15) is 11.8 Å². The van der Waals surface area contributed by atoms with Gasteiger partial charge in [0.25, 0.3) is 5.91 Å². The molecule has 1 aromatic carbocycles. The first-order valence-electron chi connectivity index (χ1n) is 11.9. The number of amides is 2. The molecule has 2 bridgehead atoms. The fourth-order valence-corrected chi connectivity index (χ4v) is 9.32. The predicted molar refractivity (Wildman–Crippen MR) is 142 cm³/mol. The summed E-state index contributed by atoms with van der Waals surface area (Å²) in [5.74, 6) is -1.67. The minimum atomic E-state index is -0.842. The zero-order chi connectivity index (χ0) is 26.0. The summed E-state index contributed by atoms with van der Waals surface area (Å²) in [7, 11) is 1.57. The maximum atomic E-state index is 14.3. The van der Waals surface area contributed by atoms with E-state index in [-0.39, 0.29) is 48.2 Å². The van der Waals surface area contributed by atoms with E-state index in [1.807, 2.05) is 0 Å². The molecule has 1 aromatic rings. The Morgan fingerprint density at radius 1 is 1.31 bits per heavy atom. The SMILES string of the molecule is C=CCCOC(=O)[C@H]1[C@H]2C(=O)N(CCO)C(C(=O)N(CC=C)c3ccc(OC)cc3)C23CC(Br)[C@@H]1S3. The van der Waals surface area contributed by atoms with Crippen molar-refractivity contribution in [2.45, 2.75) is 33.7 Å². The second kappa shape index (κ2) is 11.0. The minimum Gasteiger partial charge on any atom is -0.497 e. The van der Waals surface area contributed by atoms with Crippen LogP contribution >= 0.6 is 27.7 Å². The third-order valence-electron chi connectivity index (χ3n) is 7.16. The van der Waals surface area contributed by atoms with Crippen molar-refractivity contribution in [1.29, 1.82) is 0 Å². The number of fused-ring (bicyclic) bond motifs is 1.